The highest BCUT2D eigenvalue weighted by molar-refractivity contribution is 5.74. The van der Waals surface area contributed by atoms with Crippen molar-refractivity contribution in [3.05, 3.63) is 29.3 Å². The summed E-state index contributed by atoms with van der Waals surface area (Å²) >= 11 is 0. The molecule has 126 valence electrons. The molecule has 1 unspecified atom stereocenters. The number of rotatable bonds is 4. The number of carbonyl (C=O) groups is 1. The fourth-order valence-corrected chi connectivity index (χ4v) is 3.38. The smallest absolute Gasteiger partial charge is 0.315 e. The number of aliphatic hydroxyl groups is 1. The lowest BCUT2D eigenvalue weighted by Gasteiger charge is -2.18. The molecule has 1 fully saturated rings. The summed E-state index contributed by atoms with van der Waals surface area (Å²) in [7, 11) is 0. The number of fused-ring (bicyclic) bond motifs is 1. The Morgan fingerprint density at radius 1 is 1.26 bits per heavy atom. The summed E-state index contributed by atoms with van der Waals surface area (Å²) in [6, 6.07) is 5.82. The molecular formula is C18H26N2O3. The van der Waals surface area contributed by atoms with Gasteiger partial charge in [0.05, 0.1) is 12.7 Å². The highest BCUT2D eigenvalue weighted by Gasteiger charge is 2.17. The van der Waals surface area contributed by atoms with Crippen LogP contribution in [0.2, 0.25) is 0 Å². The highest BCUT2D eigenvalue weighted by Crippen LogP contribution is 2.28. The molecule has 1 aliphatic carbocycles. The van der Waals surface area contributed by atoms with E-state index in [2.05, 4.69) is 10.6 Å². The number of urea groups is 1. The van der Waals surface area contributed by atoms with E-state index in [9.17, 15) is 9.90 Å². The molecule has 1 aromatic carbocycles. The summed E-state index contributed by atoms with van der Waals surface area (Å²) in [5.41, 5.74) is 1.95. The summed E-state index contributed by atoms with van der Waals surface area (Å²) in [6.45, 7) is 0.926. The Hall–Kier alpha value is -1.75. The minimum Gasteiger partial charge on any atom is -0.493 e. The summed E-state index contributed by atoms with van der Waals surface area (Å²) in [5, 5.41) is 16.1. The van der Waals surface area contributed by atoms with E-state index >= 15 is 0 Å². The Balaban J connectivity index is 1.46. The van der Waals surface area contributed by atoms with Crippen molar-refractivity contribution in [2.75, 3.05) is 13.2 Å². The van der Waals surface area contributed by atoms with Crippen LogP contribution >= 0.6 is 0 Å². The van der Waals surface area contributed by atoms with Crippen molar-refractivity contribution >= 4 is 6.03 Å². The van der Waals surface area contributed by atoms with Gasteiger partial charge in [0.1, 0.15) is 5.75 Å². The number of aliphatic hydroxyl groups excluding tert-OH is 1. The maximum atomic E-state index is 12.0. The zero-order valence-electron chi connectivity index (χ0n) is 13.5. The van der Waals surface area contributed by atoms with E-state index in [4.69, 9.17) is 4.74 Å². The number of nitrogens with one attached hydrogen (secondary N) is 2. The molecule has 5 heteroatoms. The lowest BCUT2D eigenvalue weighted by Crippen LogP contribution is -2.43. The van der Waals surface area contributed by atoms with Crippen LogP contribution in [0.15, 0.2) is 18.2 Å². The first-order valence-electron chi connectivity index (χ1n) is 8.70. The molecule has 2 amide bonds. The van der Waals surface area contributed by atoms with Crippen molar-refractivity contribution in [2.45, 2.75) is 57.1 Å². The first-order chi connectivity index (χ1) is 11.2. The molecule has 23 heavy (non-hydrogen) atoms. The minimum absolute atomic E-state index is 0.180. The molecular weight excluding hydrogens is 292 g/mol. The van der Waals surface area contributed by atoms with Gasteiger partial charge in [-0.15, -0.1) is 0 Å². The normalized spacial score (nSPS) is 19.3. The van der Waals surface area contributed by atoms with Crippen LogP contribution < -0.4 is 15.4 Å². The van der Waals surface area contributed by atoms with E-state index in [0.29, 0.717) is 6.61 Å². The van der Waals surface area contributed by atoms with Crippen LogP contribution in [0.5, 0.6) is 5.75 Å². The Morgan fingerprint density at radius 3 is 2.83 bits per heavy atom. The van der Waals surface area contributed by atoms with Crippen molar-refractivity contribution in [2.24, 2.45) is 0 Å². The summed E-state index contributed by atoms with van der Waals surface area (Å²) in [4.78, 5) is 12.0. The van der Waals surface area contributed by atoms with Crippen molar-refractivity contribution in [1.82, 2.24) is 10.6 Å². The fraction of sp³-hybridized carbons (Fsp3) is 0.611. The summed E-state index contributed by atoms with van der Waals surface area (Å²) in [6.07, 6.45) is 7.20. The summed E-state index contributed by atoms with van der Waals surface area (Å²) < 4.78 is 5.46. The molecule has 0 spiro atoms. The van der Waals surface area contributed by atoms with Gasteiger partial charge in [0, 0.05) is 19.0 Å². The average molecular weight is 318 g/mol. The second-order valence-electron chi connectivity index (χ2n) is 6.52. The number of carbonyl (C=O) groups excluding carboxylic acids is 1. The maximum absolute atomic E-state index is 12.0. The SMILES string of the molecule is O=C(NCC(O)c1ccc2c(c1)CCO2)NC1CCCCCC1. The van der Waals surface area contributed by atoms with Gasteiger partial charge in [-0.05, 0) is 36.1 Å². The van der Waals surface area contributed by atoms with Crippen molar-refractivity contribution in [1.29, 1.82) is 0 Å². The van der Waals surface area contributed by atoms with Crippen LogP contribution in [-0.2, 0) is 6.42 Å². The Morgan fingerprint density at radius 2 is 2.04 bits per heavy atom. The van der Waals surface area contributed by atoms with Gasteiger partial charge in [-0.1, -0.05) is 31.7 Å². The van der Waals surface area contributed by atoms with Crippen molar-refractivity contribution in [3.8, 4) is 5.75 Å². The maximum Gasteiger partial charge on any atom is 0.315 e. The van der Waals surface area contributed by atoms with Crippen LogP contribution in [0, 0.1) is 0 Å². The molecule has 3 N–H and O–H groups in total. The number of benzene rings is 1. The van der Waals surface area contributed by atoms with Crippen molar-refractivity contribution in [3.63, 3.8) is 0 Å². The second kappa shape index (κ2) is 7.68. The van der Waals surface area contributed by atoms with Gasteiger partial charge in [0.15, 0.2) is 0 Å². The monoisotopic (exact) mass is 318 g/mol. The molecule has 1 aromatic rings. The molecule has 1 saturated carbocycles. The van der Waals surface area contributed by atoms with E-state index in [1.165, 1.54) is 25.7 Å². The highest BCUT2D eigenvalue weighted by atomic mass is 16.5. The van der Waals surface area contributed by atoms with E-state index < -0.39 is 6.10 Å². The lowest BCUT2D eigenvalue weighted by molar-refractivity contribution is 0.172. The number of hydrogen-bond donors (Lipinski definition) is 3. The minimum atomic E-state index is -0.694. The molecule has 1 atom stereocenters. The fourth-order valence-electron chi connectivity index (χ4n) is 3.38. The van der Waals surface area contributed by atoms with Gasteiger partial charge in [-0.2, -0.15) is 0 Å². The third-order valence-electron chi connectivity index (χ3n) is 4.74. The van der Waals surface area contributed by atoms with Crippen LogP contribution in [0.4, 0.5) is 4.79 Å². The Bertz CT molecular complexity index is 539. The van der Waals surface area contributed by atoms with E-state index in [0.717, 1.165) is 36.1 Å². The topological polar surface area (TPSA) is 70.6 Å². The standard InChI is InChI=1S/C18H26N2O3/c21-16(13-7-8-17-14(11-13)9-10-23-17)12-19-18(22)20-15-5-3-1-2-4-6-15/h7-8,11,15-16,21H,1-6,9-10,12H2,(H2,19,20,22). The number of amides is 2. The van der Waals surface area contributed by atoms with E-state index in [-0.39, 0.29) is 18.6 Å². The largest absolute Gasteiger partial charge is 0.493 e. The van der Waals surface area contributed by atoms with Crippen LogP contribution in [0.1, 0.15) is 55.8 Å². The lowest BCUT2D eigenvalue weighted by atomic mass is 10.0. The molecule has 3 rings (SSSR count). The number of ether oxygens (including phenoxy) is 1. The average Bonchev–Trinajstić information content (AvgIpc) is 2.88. The molecule has 0 bridgehead atoms. The van der Waals surface area contributed by atoms with Crippen LogP contribution in [0.3, 0.4) is 0 Å². The second-order valence-corrected chi connectivity index (χ2v) is 6.52. The van der Waals surface area contributed by atoms with Gasteiger partial charge >= 0.3 is 6.03 Å². The zero-order chi connectivity index (χ0) is 16.1. The molecule has 2 aliphatic rings. The Labute approximate surface area is 137 Å². The predicted octanol–water partition coefficient (Wildman–Crippen LogP) is 2.68. The van der Waals surface area contributed by atoms with Crippen LogP contribution in [-0.4, -0.2) is 30.3 Å². The Kier molecular flexibility index (Phi) is 5.39. The third kappa shape index (κ3) is 4.38. The zero-order valence-corrected chi connectivity index (χ0v) is 13.5. The summed E-state index contributed by atoms with van der Waals surface area (Å²) in [5.74, 6) is 0.903. The first kappa shape index (κ1) is 16.1. The van der Waals surface area contributed by atoms with Crippen LogP contribution in [0.25, 0.3) is 0 Å². The molecule has 1 aliphatic heterocycles. The van der Waals surface area contributed by atoms with Gasteiger partial charge in [-0.25, -0.2) is 4.79 Å². The van der Waals surface area contributed by atoms with Gasteiger partial charge in [-0.3, -0.25) is 0 Å². The molecule has 0 aromatic heterocycles. The third-order valence-corrected chi connectivity index (χ3v) is 4.74. The van der Waals surface area contributed by atoms with Crippen molar-refractivity contribution < 1.29 is 14.6 Å². The van der Waals surface area contributed by atoms with Gasteiger partial charge < -0.3 is 20.5 Å². The quantitative estimate of drug-likeness (QED) is 0.748. The van der Waals surface area contributed by atoms with Gasteiger partial charge in [0.25, 0.3) is 0 Å². The molecule has 1 heterocycles. The number of hydrogen-bond acceptors (Lipinski definition) is 3. The molecule has 0 saturated heterocycles. The predicted molar refractivity (Wildman–Crippen MR) is 88.6 cm³/mol. The van der Waals surface area contributed by atoms with Gasteiger partial charge in [0.2, 0.25) is 0 Å². The van der Waals surface area contributed by atoms with E-state index in [1.807, 2.05) is 18.2 Å². The molecule has 5 nitrogen and oxygen atoms in total. The first-order valence-corrected chi connectivity index (χ1v) is 8.70. The van der Waals surface area contributed by atoms with E-state index in [1.54, 1.807) is 0 Å². The molecule has 0 radical (unpaired) electrons.